The first kappa shape index (κ1) is 8.52. The zero-order valence-electron chi connectivity index (χ0n) is 7.84. The van der Waals surface area contributed by atoms with E-state index in [0.717, 1.165) is 18.5 Å². The topological polar surface area (TPSA) is 29.3 Å². The molecule has 2 fully saturated rings. The number of hydrogen-bond acceptors (Lipinski definition) is 2. The Labute approximate surface area is 75.1 Å². The maximum Gasteiger partial charge on any atom is 0.00954 e. The molecule has 0 unspecified atom stereocenters. The summed E-state index contributed by atoms with van der Waals surface area (Å²) in [5.74, 6) is 0.836. The van der Waals surface area contributed by atoms with Crippen molar-refractivity contribution in [3.8, 4) is 0 Å². The maximum absolute atomic E-state index is 5.66. The average Bonchev–Trinajstić information content (AvgIpc) is 2.03. The van der Waals surface area contributed by atoms with Gasteiger partial charge < -0.3 is 10.6 Å². The molecule has 1 heterocycles. The number of rotatable bonds is 2. The fraction of sp³-hybridized carbons (Fsp3) is 1.00. The molecule has 2 heteroatoms. The third-order valence-corrected chi connectivity index (χ3v) is 3.56. The van der Waals surface area contributed by atoms with Crippen LogP contribution >= 0.6 is 0 Å². The minimum absolute atomic E-state index is 0.836. The molecule has 0 aromatic carbocycles. The summed E-state index contributed by atoms with van der Waals surface area (Å²) in [7, 11) is 0. The standard InChI is InChI=1S/C10H20N2/c11-8-9-2-4-10(5-3-9)12-6-1-7-12/h9-10H,1-8,11H2. The molecule has 0 atom stereocenters. The summed E-state index contributed by atoms with van der Waals surface area (Å²) < 4.78 is 0. The van der Waals surface area contributed by atoms with Gasteiger partial charge in [0.25, 0.3) is 0 Å². The molecule has 0 aromatic rings. The van der Waals surface area contributed by atoms with E-state index >= 15 is 0 Å². The van der Waals surface area contributed by atoms with Gasteiger partial charge in [-0.2, -0.15) is 0 Å². The van der Waals surface area contributed by atoms with Gasteiger partial charge in [-0.3, -0.25) is 0 Å². The normalized spacial score (nSPS) is 37.8. The van der Waals surface area contributed by atoms with Crippen LogP contribution in [-0.4, -0.2) is 30.6 Å². The van der Waals surface area contributed by atoms with E-state index in [1.165, 1.54) is 45.2 Å². The Hall–Kier alpha value is -0.0800. The molecule has 2 nitrogen and oxygen atoms in total. The molecular weight excluding hydrogens is 148 g/mol. The zero-order chi connectivity index (χ0) is 8.39. The van der Waals surface area contributed by atoms with Crippen molar-refractivity contribution < 1.29 is 0 Å². The van der Waals surface area contributed by atoms with E-state index in [0.29, 0.717) is 0 Å². The minimum Gasteiger partial charge on any atom is -0.330 e. The highest BCUT2D eigenvalue weighted by molar-refractivity contribution is 4.83. The SMILES string of the molecule is NCC1CCC(N2CCC2)CC1. The predicted molar refractivity (Wildman–Crippen MR) is 51.0 cm³/mol. The van der Waals surface area contributed by atoms with E-state index in [4.69, 9.17) is 5.73 Å². The lowest BCUT2D eigenvalue weighted by Crippen LogP contribution is -2.46. The van der Waals surface area contributed by atoms with Crippen molar-refractivity contribution in [3.63, 3.8) is 0 Å². The molecule has 0 aromatic heterocycles. The Morgan fingerprint density at radius 3 is 2.17 bits per heavy atom. The van der Waals surface area contributed by atoms with Gasteiger partial charge in [0.05, 0.1) is 0 Å². The Balaban J connectivity index is 1.74. The van der Waals surface area contributed by atoms with Crippen LogP contribution in [0.4, 0.5) is 0 Å². The summed E-state index contributed by atoms with van der Waals surface area (Å²) >= 11 is 0. The van der Waals surface area contributed by atoms with Gasteiger partial charge in [-0.1, -0.05) is 0 Å². The van der Waals surface area contributed by atoms with Crippen LogP contribution in [0.15, 0.2) is 0 Å². The van der Waals surface area contributed by atoms with Crippen LogP contribution in [0.5, 0.6) is 0 Å². The van der Waals surface area contributed by atoms with E-state index < -0.39 is 0 Å². The number of likely N-dealkylation sites (tertiary alicyclic amines) is 1. The van der Waals surface area contributed by atoms with E-state index in [2.05, 4.69) is 4.90 Å². The molecule has 12 heavy (non-hydrogen) atoms. The average molecular weight is 168 g/mol. The lowest BCUT2D eigenvalue weighted by Gasteiger charge is -2.41. The maximum atomic E-state index is 5.66. The molecule has 2 N–H and O–H groups in total. The van der Waals surface area contributed by atoms with Crippen molar-refractivity contribution in [2.45, 2.75) is 38.1 Å². The summed E-state index contributed by atoms with van der Waals surface area (Å²) in [6.45, 7) is 3.63. The third kappa shape index (κ3) is 1.64. The number of hydrogen-bond donors (Lipinski definition) is 1. The molecule has 2 aliphatic rings. The first-order valence-electron chi connectivity index (χ1n) is 5.34. The van der Waals surface area contributed by atoms with E-state index in [1.54, 1.807) is 0 Å². The quantitative estimate of drug-likeness (QED) is 0.671. The summed E-state index contributed by atoms with van der Waals surface area (Å²) in [5.41, 5.74) is 5.66. The molecule has 1 saturated heterocycles. The van der Waals surface area contributed by atoms with Gasteiger partial charge in [-0.05, 0) is 57.7 Å². The van der Waals surface area contributed by atoms with E-state index in [-0.39, 0.29) is 0 Å². The lowest BCUT2D eigenvalue weighted by molar-refractivity contribution is 0.0800. The largest absolute Gasteiger partial charge is 0.330 e. The molecule has 0 spiro atoms. The molecule has 1 aliphatic carbocycles. The Kier molecular flexibility index (Phi) is 2.66. The first-order chi connectivity index (χ1) is 5.90. The van der Waals surface area contributed by atoms with Crippen LogP contribution in [0, 0.1) is 5.92 Å². The second kappa shape index (κ2) is 3.75. The summed E-state index contributed by atoms with van der Waals surface area (Å²) in [5, 5.41) is 0. The van der Waals surface area contributed by atoms with Gasteiger partial charge in [0.1, 0.15) is 0 Å². The van der Waals surface area contributed by atoms with Crippen LogP contribution in [0.3, 0.4) is 0 Å². The fourth-order valence-electron chi connectivity index (χ4n) is 2.45. The van der Waals surface area contributed by atoms with E-state index in [9.17, 15) is 0 Å². The van der Waals surface area contributed by atoms with Gasteiger partial charge in [0, 0.05) is 6.04 Å². The third-order valence-electron chi connectivity index (χ3n) is 3.56. The van der Waals surface area contributed by atoms with Crippen molar-refractivity contribution in [2.24, 2.45) is 11.7 Å². The van der Waals surface area contributed by atoms with Crippen molar-refractivity contribution in [1.29, 1.82) is 0 Å². The van der Waals surface area contributed by atoms with E-state index in [1.807, 2.05) is 0 Å². The van der Waals surface area contributed by atoms with Crippen molar-refractivity contribution in [3.05, 3.63) is 0 Å². The second-order valence-corrected chi connectivity index (χ2v) is 4.30. The molecule has 70 valence electrons. The van der Waals surface area contributed by atoms with Gasteiger partial charge in [-0.15, -0.1) is 0 Å². The number of nitrogens with two attached hydrogens (primary N) is 1. The van der Waals surface area contributed by atoms with Crippen molar-refractivity contribution in [2.75, 3.05) is 19.6 Å². The Bertz CT molecular complexity index is 135. The van der Waals surface area contributed by atoms with Crippen molar-refractivity contribution >= 4 is 0 Å². The fourth-order valence-corrected chi connectivity index (χ4v) is 2.45. The second-order valence-electron chi connectivity index (χ2n) is 4.30. The molecular formula is C10H20N2. The van der Waals surface area contributed by atoms with Crippen LogP contribution < -0.4 is 5.73 Å². The molecule has 1 saturated carbocycles. The molecule has 2 rings (SSSR count). The highest BCUT2D eigenvalue weighted by Crippen LogP contribution is 2.29. The predicted octanol–water partition coefficient (Wildman–Crippen LogP) is 1.21. The lowest BCUT2D eigenvalue weighted by atomic mass is 9.84. The summed E-state index contributed by atoms with van der Waals surface area (Å²) in [6, 6.07) is 0.918. The van der Waals surface area contributed by atoms with Gasteiger partial charge >= 0.3 is 0 Å². The first-order valence-corrected chi connectivity index (χ1v) is 5.34. The summed E-state index contributed by atoms with van der Waals surface area (Å²) in [6.07, 6.45) is 6.98. The number of nitrogens with zero attached hydrogens (tertiary/aromatic N) is 1. The minimum atomic E-state index is 0.836. The highest BCUT2D eigenvalue weighted by atomic mass is 15.2. The highest BCUT2D eigenvalue weighted by Gasteiger charge is 2.27. The van der Waals surface area contributed by atoms with Gasteiger partial charge in [0.15, 0.2) is 0 Å². The molecule has 1 aliphatic heterocycles. The summed E-state index contributed by atoms with van der Waals surface area (Å²) in [4.78, 5) is 2.65. The monoisotopic (exact) mass is 168 g/mol. The molecule has 0 amide bonds. The van der Waals surface area contributed by atoms with Crippen LogP contribution in [-0.2, 0) is 0 Å². The van der Waals surface area contributed by atoms with Crippen LogP contribution in [0.25, 0.3) is 0 Å². The molecule has 0 radical (unpaired) electrons. The van der Waals surface area contributed by atoms with Crippen molar-refractivity contribution in [1.82, 2.24) is 4.90 Å². The van der Waals surface area contributed by atoms with Gasteiger partial charge in [-0.25, -0.2) is 0 Å². The Morgan fingerprint density at radius 1 is 1.08 bits per heavy atom. The Morgan fingerprint density at radius 2 is 1.75 bits per heavy atom. The van der Waals surface area contributed by atoms with Crippen LogP contribution in [0.2, 0.25) is 0 Å². The van der Waals surface area contributed by atoms with Crippen LogP contribution in [0.1, 0.15) is 32.1 Å². The molecule has 0 bridgehead atoms. The van der Waals surface area contributed by atoms with Gasteiger partial charge in [0.2, 0.25) is 0 Å². The zero-order valence-corrected chi connectivity index (χ0v) is 7.84. The smallest absolute Gasteiger partial charge is 0.00954 e.